The lowest BCUT2D eigenvalue weighted by atomic mass is 10.0. The van der Waals surface area contributed by atoms with E-state index in [-0.39, 0.29) is 23.3 Å². The highest BCUT2D eigenvalue weighted by atomic mass is 16.5. The predicted molar refractivity (Wildman–Crippen MR) is 79.0 cm³/mol. The van der Waals surface area contributed by atoms with Gasteiger partial charge in [-0.1, -0.05) is 30.3 Å². The minimum Gasteiger partial charge on any atom is -0.506 e. The smallest absolute Gasteiger partial charge is 0.255 e. The van der Waals surface area contributed by atoms with E-state index >= 15 is 0 Å². The molecule has 0 aliphatic carbocycles. The summed E-state index contributed by atoms with van der Waals surface area (Å²) < 4.78 is 5.26. The molecule has 0 radical (unpaired) electrons. The van der Waals surface area contributed by atoms with Crippen molar-refractivity contribution in [2.24, 2.45) is 0 Å². The van der Waals surface area contributed by atoms with E-state index < -0.39 is 0 Å². The number of phenols is 1. The lowest BCUT2D eigenvalue weighted by molar-refractivity contribution is 0.0870. The summed E-state index contributed by atoms with van der Waals surface area (Å²) in [6, 6.07) is 10.8. The molecule has 0 aliphatic heterocycles. The van der Waals surface area contributed by atoms with Crippen molar-refractivity contribution in [3.8, 4) is 5.75 Å². The van der Waals surface area contributed by atoms with Gasteiger partial charge in [0.2, 0.25) is 0 Å². The number of carbonyl (C=O) groups is 1. The number of amides is 1. The molecule has 20 heavy (non-hydrogen) atoms. The fraction of sp³-hybridized carbons (Fsp3) is 0.312. The van der Waals surface area contributed by atoms with Crippen LogP contribution >= 0.6 is 0 Å². The lowest BCUT2D eigenvalue weighted by Crippen LogP contribution is -2.35. The van der Waals surface area contributed by atoms with Crippen LogP contribution in [0.4, 0.5) is 0 Å². The SMILES string of the molecule is CCOCC(C)NC(=O)c1ccc2ccccc2c1O. The lowest BCUT2D eigenvalue weighted by Gasteiger charge is -2.14. The van der Waals surface area contributed by atoms with Crippen LogP contribution in [-0.4, -0.2) is 30.3 Å². The molecule has 1 unspecified atom stereocenters. The van der Waals surface area contributed by atoms with Crippen LogP contribution in [-0.2, 0) is 4.74 Å². The van der Waals surface area contributed by atoms with Gasteiger partial charge in [0.05, 0.1) is 12.2 Å². The fourth-order valence-electron chi connectivity index (χ4n) is 2.08. The molecule has 0 bridgehead atoms. The van der Waals surface area contributed by atoms with E-state index in [4.69, 9.17) is 4.74 Å². The molecule has 2 aromatic rings. The van der Waals surface area contributed by atoms with Gasteiger partial charge in [-0.05, 0) is 25.3 Å². The van der Waals surface area contributed by atoms with Crippen LogP contribution < -0.4 is 5.32 Å². The molecule has 0 aromatic heterocycles. The van der Waals surface area contributed by atoms with Crippen LogP contribution in [0, 0.1) is 0 Å². The summed E-state index contributed by atoms with van der Waals surface area (Å²) in [5.74, 6) is -0.273. The molecular weight excluding hydrogens is 254 g/mol. The van der Waals surface area contributed by atoms with Crippen molar-refractivity contribution in [2.45, 2.75) is 19.9 Å². The Morgan fingerprint density at radius 1 is 1.30 bits per heavy atom. The average Bonchev–Trinajstić information content (AvgIpc) is 2.45. The van der Waals surface area contributed by atoms with E-state index in [1.807, 2.05) is 38.1 Å². The molecule has 4 heteroatoms. The Bertz CT molecular complexity index is 610. The summed E-state index contributed by atoms with van der Waals surface area (Å²) in [5.41, 5.74) is 0.284. The van der Waals surface area contributed by atoms with E-state index in [2.05, 4.69) is 5.32 Å². The number of carbonyl (C=O) groups excluding carboxylic acids is 1. The first-order chi connectivity index (χ1) is 9.63. The van der Waals surface area contributed by atoms with E-state index in [1.54, 1.807) is 12.1 Å². The van der Waals surface area contributed by atoms with Gasteiger partial charge in [0.1, 0.15) is 5.75 Å². The Morgan fingerprint density at radius 3 is 2.80 bits per heavy atom. The molecule has 2 N–H and O–H groups in total. The number of nitrogens with one attached hydrogen (secondary N) is 1. The molecule has 0 fully saturated rings. The summed E-state index contributed by atoms with van der Waals surface area (Å²) in [5, 5.41) is 14.6. The zero-order valence-electron chi connectivity index (χ0n) is 11.7. The minimum atomic E-state index is -0.291. The maximum Gasteiger partial charge on any atom is 0.255 e. The monoisotopic (exact) mass is 273 g/mol. The highest BCUT2D eigenvalue weighted by molar-refractivity contribution is 6.03. The summed E-state index contributed by atoms with van der Waals surface area (Å²) in [7, 11) is 0. The second-order valence-electron chi connectivity index (χ2n) is 4.72. The van der Waals surface area contributed by atoms with Crippen molar-refractivity contribution < 1.29 is 14.6 Å². The van der Waals surface area contributed by atoms with E-state index in [9.17, 15) is 9.90 Å². The largest absolute Gasteiger partial charge is 0.506 e. The van der Waals surface area contributed by atoms with Crippen LogP contribution in [0.2, 0.25) is 0 Å². The summed E-state index contributed by atoms with van der Waals surface area (Å²) >= 11 is 0. The van der Waals surface area contributed by atoms with E-state index in [0.717, 1.165) is 5.39 Å². The Morgan fingerprint density at radius 2 is 2.05 bits per heavy atom. The maximum atomic E-state index is 12.2. The molecular formula is C16H19NO3. The highest BCUT2D eigenvalue weighted by Gasteiger charge is 2.15. The van der Waals surface area contributed by atoms with Crippen molar-refractivity contribution in [1.29, 1.82) is 0 Å². The van der Waals surface area contributed by atoms with Gasteiger partial charge in [0.15, 0.2) is 0 Å². The van der Waals surface area contributed by atoms with Gasteiger partial charge in [-0.25, -0.2) is 0 Å². The number of benzene rings is 2. The second-order valence-corrected chi connectivity index (χ2v) is 4.72. The molecule has 2 rings (SSSR count). The number of ether oxygens (including phenoxy) is 1. The van der Waals surface area contributed by atoms with Crippen molar-refractivity contribution in [3.63, 3.8) is 0 Å². The van der Waals surface area contributed by atoms with Crippen molar-refractivity contribution in [1.82, 2.24) is 5.32 Å². The van der Waals surface area contributed by atoms with Crippen molar-refractivity contribution in [3.05, 3.63) is 42.0 Å². The quantitative estimate of drug-likeness (QED) is 0.880. The molecule has 4 nitrogen and oxygen atoms in total. The fourth-order valence-corrected chi connectivity index (χ4v) is 2.08. The van der Waals surface area contributed by atoms with Gasteiger partial charge in [0.25, 0.3) is 5.91 Å². The minimum absolute atomic E-state index is 0.0178. The first-order valence-electron chi connectivity index (χ1n) is 6.72. The van der Waals surface area contributed by atoms with Gasteiger partial charge in [0, 0.05) is 18.0 Å². The third-order valence-corrected chi connectivity index (χ3v) is 3.09. The van der Waals surface area contributed by atoms with Crippen LogP contribution in [0.3, 0.4) is 0 Å². The van der Waals surface area contributed by atoms with Crippen molar-refractivity contribution in [2.75, 3.05) is 13.2 Å². The molecule has 2 aromatic carbocycles. The van der Waals surface area contributed by atoms with Gasteiger partial charge in [-0.3, -0.25) is 4.79 Å². The Labute approximate surface area is 118 Å². The van der Waals surface area contributed by atoms with Crippen LogP contribution in [0.15, 0.2) is 36.4 Å². The number of fused-ring (bicyclic) bond motifs is 1. The van der Waals surface area contributed by atoms with Gasteiger partial charge in [-0.15, -0.1) is 0 Å². The zero-order valence-corrected chi connectivity index (χ0v) is 11.7. The second kappa shape index (κ2) is 6.39. The predicted octanol–water partition coefficient (Wildman–Crippen LogP) is 2.70. The molecule has 0 saturated heterocycles. The van der Waals surface area contributed by atoms with Gasteiger partial charge >= 0.3 is 0 Å². The molecule has 1 amide bonds. The van der Waals surface area contributed by atoms with Crippen LogP contribution in [0.1, 0.15) is 24.2 Å². The van der Waals surface area contributed by atoms with Gasteiger partial charge in [-0.2, -0.15) is 0 Å². The zero-order chi connectivity index (χ0) is 14.5. The number of rotatable bonds is 5. The Hall–Kier alpha value is -2.07. The third kappa shape index (κ3) is 3.08. The summed E-state index contributed by atoms with van der Waals surface area (Å²) in [4.78, 5) is 12.2. The maximum absolute atomic E-state index is 12.2. The molecule has 0 aliphatic rings. The Kier molecular flexibility index (Phi) is 4.58. The number of hydrogen-bond donors (Lipinski definition) is 2. The van der Waals surface area contributed by atoms with Crippen molar-refractivity contribution >= 4 is 16.7 Å². The number of hydrogen-bond acceptors (Lipinski definition) is 3. The van der Waals surface area contributed by atoms with E-state index in [0.29, 0.717) is 18.6 Å². The molecule has 0 spiro atoms. The molecule has 1 atom stereocenters. The molecule has 0 heterocycles. The first-order valence-corrected chi connectivity index (χ1v) is 6.72. The third-order valence-electron chi connectivity index (χ3n) is 3.09. The first kappa shape index (κ1) is 14.3. The molecule has 106 valence electrons. The van der Waals surface area contributed by atoms with Crippen LogP contribution in [0.5, 0.6) is 5.75 Å². The Balaban J connectivity index is 2.20. The summed E-state index contributed by atoms with van der Waals surface area (Å²) in [6.45, 7) is 4.84. The highest BCUT2D eigenvalue weighted by Crippen LogP contribution is 2.28. The van der Waals surface area contributed by atoms with Crippen LogP contribution in [0.25, 0.3) is 10.8 Å². The van der Waals surface area contributed by atoms with Gasteiger partial charge < -0.3 is 15.2 Å². The normalized spacial score (nSPS) is 12.3. The standard InChI is InChI=1S/C16H19NO3/c1-3-20-10-11(2)17-16(19)14-9-8-12-6-4-5-7-13(12)15(14)18/h4-9,11,18H,3,10H2,1-2H3,(H,17,19). The topological polar surface area (TPSA) is 58.6 Å². The average molecular weight is 273 g/mol. The molecule has 0 saturated carbocycles. The number of phenolic OH excluding ortho intramolecular Hbond substituents is 1. The summed E-state index contributed by atoms with van der Waals surface area (Å²) in [6.07, 6.45) is 0. The number of aromatic hydroxyl groups is 1. The van der Waals surface area contributed by atoms with E-state index in [1.165, 1.54) is 0 Å².